The molecule has 0 fully saturated rings. The van der Waals surface area contributed by atoms with Gasteiger partial charge in [-0.3, -0.25) is 0 Å². The standard InChI is InChI=1S/C18H31BrN2/c1-13(17(2,3)4)21(8)16-10-9-14(11-15(16)19)12-20-18(5,6)7/h9-11,13,20H,12H2,1-8H3. The summed E-state index contributed by atoms with van der Waals surface area (Å²) in [6.07, 6.45) is 0. The number of nitrogens with zero attached hydrogens (tertiary/aromatic N) is 1. The maximum Gasteiger partial charge on any atom is 0.0510 e. The first kappa shape index (κ1) is 18.5. The summed E-state index contributed by atoms with van der Waals surface area (Å²) in [5, 5.41) is 3.53. The highest BCUT2D eigenvalue weighted by Gasteiger charge is 2.25. The minimum absolute atomic E-state index is 0.142. The second kappa shape index (κ2) is 6.70. The van der Waals surface area contributed by atoms with E-state index in [1.165, 1.54) is 11.3 Å². The fourth-order valence-electron chi connectivity index (χ4n) is 2.10. The minimum Gasteiger partial charge on any atom is -0.370 e. The molecule has 1 aromatic rings. The van der Waals surface area contributed by atoms with E-state index >= 15 is 0 Å². The molecule has 1 unspecified atom stereocenters. The number of hydrogen-bond acceptors (Lipinski definition) is 2. The molecule has 0 saturated heterocycles. The maximum atomic E-state index is 3.73. The number of halogens is 1. The molecular formula is C18H31BrN2. The van der Waals surface area contributed by atoms with Crippen LogP contribution in [0.2, 0.25) is 0 Å². The zero-order valence-corrected chi connectivity index (χ0v) is 16.4. The molecule has 0 heterocycles. The van der Waals surface area contributed by atoms with Crippen molar-refractivity contribution in [2.75, 3.05) is 11.9 Å². The van der Waals surface area contributed by atoms with Crippen molar-refractivity contribution in [1.29, 1.82) is 0 Å². The number of benzene rings is 1. The predicted octanol–water partition coefficient (Wildman–Crippen LogP) is 5.21. The van der Waals surface area contributed by atoms with Crippen LogP contribution in [-0.2, 0) is 6.54 Å². The predicted molar refractivity (Wildman–Crippen MR) is 98.1 cm³/mol. The molecule has 0 aromatic heterocycles. The Hall–Kier alpha value is -0.540. The summed E-state index contributed by atoms with van der Waals surface area (Å²) in [7, 11) is 2.17. The molecule has 0 aliphatic rings. The summed E-state index contributed by atoms with van der Waals surface area (Å²) in [5.74, 6) is 0. The summed E-state index contributed by atoms with van der Waals surface area (Å²) in [5.41, 5.74) is 2.94. The average Bonchev–Trinajstić information content (AvgIpc) is 2.32. The van der Waals surface area contributed by atoms with Crippen LogP contribution in [0, 0.1) is 5.41 Å². The number of rotatable bonds is 4. The van der Waals surface area contributed by atoms with Crippen LogP contribution < -0.4 is 10.2 Å². The zero-order chi connectivity index (χ0) is 16.4. The smallest absolute Gasteiger partial charge is 0.0510 e. The normalized spacial score (nSPS) is 14.1. The molecule has 3 heteroatoms. The molecular weight excluding hydrogens is 324 g/mol. The Morgan fingerprint density at radius 3 is 2.14 bits per heavy atom. The van der Waals surface area contributed by atoms with Crippen molar-refractivity contribution in [2.24, 2.45) is 5.41 Å². The minimum atomic E-state index is 0.142. The quantitative estimate of drug-likeness (QED) is 0.798. The van der Waals surface area contributed by atoms with Crippen molar-refractivity contribution in [1.82, 2.24) is 5.32 Å². The lowest BCUT2D eigenvalue weighted by Crippen LogP contribution is -2.39. The largest absolute Gasteiger partial charge is 0.370 e. The van der Waals surface area contributed by atoms with Gasteiger partial charge in [-0.15, -0.1) is 0 Å². The molecule has 1 aromatic carbocycles. The van der Waals surface area contributed by atoms with Crippen molar-refractivity contribution >= 4 is 21.6 Å². The van der Waals surface area contributed by atoms with Crippen molar-refractivity contribution in [3.8, 4) is 0 Å². The Morgan fingerprint density at radius 2 is 1.71 bits per heavy atom. The van der Waals surface area contributed by atoms with Gasteiger partial charge >= 0.3 is 0 Å². The van der Waals surface area contributed by atoms with Crippen LogP contribution in [-0.4, -0.2) is 18.6 Å². The number of hydrogen-bond donors (Lipinski definition) is 1. The van der Waals surface area contributed by atoms with E-state index < -0.39 is 0 Å². The lowest BCUT2D eigenvalue weighted by molar-refractivity contribution is 0.329. The highest BCUT2D eigenvalue weighted by molar-refractivity contribution is 9.10. The molecule has 0 aliphatic heterocycles. The average molecular weight is 355 g/mol. The van der Waals surface area contributed by atoms with E-state index in [0.29, 0.717) is 6.04 Å². The van der Waals surface area contributed by atoms with E-state index in [1.54, 1.807) is 0 Å². The molecule has 1 rings (SSSR count). The maximum absolute atomic E-state index is 3.73. The molecule has 120 valence electrons. The van der Waals surface area contributed by atoms with Crippen LogP contribution in [0.3, 0.4) is 0 Å². The SMILES string of the molecule is CC(N(C)c1ccc(CNC(C)(C)C)cc1Br)C(C)(C)C. The molecule has 0 amide bonds. The van der Waals surface area contributed by atoms with Crippen molar-refractivity contribution in [3.63, 3.8) is 0 Å². The van der Waals surface area contributed by atoms with Gasteiger partial charge in [0.05, 0.1) is 5.69 Å². The Bertz CT molecular complexity index is 469. The summed E-state index contributed by atoms with van der Waals surface area (Å²) < 4.78 is 1.16. The first-order valence-electron chi connectivity index (χ1n) is 7.68. The summed E-state index contributed by atoms with van der Waals surface area (Å²) in [6.45, 7) is 16.6. The molecule has 0 saturated carbocycles. The number of nitrogens with one attached hydrogen (secondary N) is 1. The fourth-order valence-corrected chi connectivity index (χ4v) is 2.81. The van der Waals surface area contributed by atoms with Gasteiger partial charge in [-0.2, -0.15) is 0 Å². The number of anilines is 1. The van der Waals surface area contributed by atoms with Crippen LogP contribution in [0.4, 0.5) is 5.69 Å². The Balaban J connectivity index is 2.88. The van der Waals surface area contributed by atoms with Crippen LogP contribution in [0.15, 0.2) is 22.7 Å². The summed E-state index contributed by atoms with van der Waals surface area (Å²) in [6, 6.07) is 7.11. The van der Waals surface area contributed by atoms with Gasteiger partial charge in [-0.1, -0.05) is 26.8 Å². The van der Waals surface area contributed by atoms with Crippen molar-refractivity contribution in [3.05, 3.63) is 28.2 Å². The fraction of sp³-hybridized carbons (Fsp3) is 0.667. The molecule has 0 aliphatic carbocycles. The first-order valence-corrected chi connectivity index (χ1v) is 8.47. The third-order valence-electron chi connectivity index (χ3n) is 4.05. The molecule has 0 bridgehead atoms. The van der Waals surface area contributed by atoms with Crippen molar-refractivity contribution < 1.29 is 0 Å². The van der Waals surface area contributed by atoms with E-state index in [4.69, 9.17) is 0 Å². The van der Waals surface area contributed by atoms with Gasteiger partial charge in [-0.05, 0) is 66.7 Å². The topological polar surface area (TPSA) is 15.3 Å². The molecule has 2 nitrogen and oxygen atoms in total. The second-order valence-corrected chi connectivity index (χ2v) is 8.90. The van der Waals surface area contributed by atoms with Crippen LogP contribution >= 0.6 is 15.9 Å². The van der Waals surface area contributed by atoms with E-state index in [0.717, 1.165) is 11.0 Å². The lowest BCUT2D eigenvalue weighted by Gasteiger charge is -2.37. The summed E-state index contributed by atoms with van der Waals surface area (Å²) in [4.78, 5) is 2.35. The third kappa shape index (κ3) is 5.63. The van der Waals surface area contributed by atoms with Crippen LogP contribution in [0.1, 0.15) is 54.0 Å². The molecule has 1 N–H and O–H groups in total. The highest BCUT2D eigenvalue weighted by Crippen LogP contribution is 2.32. The molecule has 1 atom stereocenters. The summed E-state index contributed by atoms with van der Waals surface area (Å²) >= 11 is 3.73. The van der Waals surface area contributed by atoms with Gasteiger partial charge in [0, 0.05) is 29.6 Å². The van der Waals surface area contributed by atoms with Gasteiger partial charge in [-0.25, -0.2) is 0 Å². The van der Waals surface area contributed by atoms with Gasteiger partial charge in [0.2, 0.25) is 0 Å². The van der Waals surface area contributed by atoms with E-state index in [1.807, 2.05) is 0 Å². The van der Waals surface area contributed by atoms with Crippen LogP contribution in [0.25, 0.3) is 0 Å². The van der Waals surface area contributed by atoms with Crippen LogP contribution in [0.5, 0.6) is 0 Å². The van der Waals surface area contributed by atoms with Gasteiger partial charge in [0.25, 0.3) is 0 Å². The highest BCUT2D eigenvalue weighted by atomic mass is 79.9. The lowest BCUT2D eigenvalue weighted by atomic mass is 9.87. The molecule has 0 spiro atoms. The monoisotopic (exact) mass is 354 g/mol. The van der Waals surface area contributed by atoms with Gasteiger partial charge in [0.15, 0.2) is 0 Å². The van der Waals surface area contributed by atoms with E-state index in [2.05, 4.69) is 99.9 Å². The second-order valence-electron chi connectivity index (χ2n) is 8.04. The first-order chi connectivity index (χ1) is 9.42. The van der Waals surface area contributed by atoms with Crippen molar-refractivity contribution in [2.45, 2.75) is 66.6 Å². The third-order valence-corrected chi connectivity index (χ3v) is 4.68. The van der Waals surface area contributed by atoms with Gasteiger partial charge in [0.1, 0.15) is 0 Å². The Morgan fingerprint density at radius 1 is 1.14 bits per heavy atom. The van der Waals surface area contributed by atoms with E-state index in [-0.39, 0.29) is 11.0 Å². The van der Waals surface area contributed by atoms with Gasteiger partial charge < -0.3 is 10.2 Å². The molecule has 0 radical (unpaired) electrons. The van der Waals surface area contributed by atoms with E-state index in [9.17, 15) is 0 Å². The molecule has 21 heavy (non-hydrogen) atoms. The zero-order valence-electron chi connectivity index (χ0n) is 14.8. The Kier molecular flexibility index (Phi) is 5.91. The Labute approximate surface area is 139 Å².